The van der Waals surface area contributed by atoms with Crippen LogP contribution in [0.1, 0.15) is 59.8 Å². The van der Waals surface area contributed by atoms with Crippen LogP contribution < -0.4 is 5.32 Å². The van der Waals surface area contributed by atoms with Crippen LogP contribution in [0.3, 0.4) is 0 Å². The van der Waals surface area contributed by atoms with E-state index < -0.39 is 0 Å². The van der Waals surface area contributed by atoms with Crippen LogP contribution in [0.25, 0.3) is 0 Å². The van der Waals surface area contributed by atoms with Crippen LogP contribution in [0.2, 0.25) is 0 Å². The van der Waals surface area contributed by atoms with Crippen molar-refractivity contribution in [2.75, 3.05) is 19.8 Å². The summed E-state index contributed by atoms with van der Waals surface area (Å²) in [5.74, 6) is 2.48. The Morgan fingerprint density at radius 2 is 1.79 bits per heavy atom. The first-order chi connectivity index (χ1) is 9.00. The van der Waals surface area contributed by atoms with E-state index >= 15 is 0 Å². The van der Waals surface area contributed by atoms with Crippen LogP contribution in [0.4, 0.5) is 0 Å². The van der Waals surface area contributed by atoms with E-state index in [1.807, 2.05) is 0 Å². The lowest BCUT2D eigenvalue weighted by atomic mass is 9.65. The molecule has 2 heteroatoms. The average Bonchev–Trinajstić information content (AvgIpc) is 3.17. The van der Waals surface area contributed by atoms with Crippen molar-refractivity contribution in [2.45, 2.75) is 65.8 Å². The minimum Gasteiger partial charge on any atom is -0.381 e. The summed E-state index contributed by atoms with van der Waals surface area (Å²) in [7, 11) is 0. The number of hydrogen-bond acceptors (Lipinski definition) is 2. The molecule has 19 heavy (non-hydrogen) atoms. The highest BCUT2D eigenvalue weighted by Crippen LogP contribution is 2.42. The Balaban J connectivity index is 1.86. The monoisotopic (exact) mass is 267 g/mol. The fraction of sp³-hybridized carbons (Fsp3) is 1.00. The zero-order valence-corrected chi connectivity index (χ0v) is 13.4. The Kier molecular flexibility index (Phi) is 5.30. The molecule has 0 spiro atoms. The van der Waals surface area contributed by atoms with Gasteiger partial charge in [0, 0.05) is 19.3 Å². The second-order valence-corrected chi connectivity index (χ2v) is 7.74. The fourth-order valence-corrected chi connectivity index (χ4v) is 3.46. The number of ether oxygens (including phenoxy) is 1. The van der Waals surface area contributed by atoms with Gasteiger partial charge in [-0.2, -0.15) is 0 Å². The van der Waals surface area contributed by atoms with Crippen molar-refractivity contribution in [3.05, 3.63) is 0 Å². The van der Waals surface area contributed by atoms with E-state index in [4.69, 9.17) is 4.74 Å². The molecule has 2 nitrogen and oxygen atoms in total. The molecule has 0 aliphatic heterocycles. The molecule has 2 saturated carbocycles. The normalized spacial score (nSPS) is 32.5. The Hall–Kier alpha value is -0.0800. The molecule has 0 amide bonds. The van der Waals surface area contributed by atoms with Gasteiger partial charge in [-0.05, 0) is 68.7 Å². The minimum absolute atomic E-state index is 0.458. The predicted octanol–water partition coefficient (Wildman–Crippen LogP) is 3.85. The Labute approximate surface area is 119 Å². The van der Waals surface area contributed by atoms with Gasteiger partial charge in [-0.1, -0.05) is 20.8 Å². The van der Waals surface area contributed by atoms with Gasteiger partial charge in [-0.3, -0.25) is 0 Å². The topological polar surface area (TPSA) is 21.3 Å². The Morgan fingerprint density at radius 3 is 2.37 bits per heavy atom. The maximum atomic E-state index is 5.76. The highest BCUT2D eigenvalue weighted by Gasteiger charge is 2.36. The lowest BCUT2D eigenvalue weighted by Gasteiger charge is -2.42. The molecule has 0 aromatic carbocycles. The van der Waals surface area contributed by atoms with E-state index in [2.05, 4.69) is 33.0 Å². The first kappa shape index (κ1) is 15.3. The Morgan fingerprint density at radius 1 is 1.05 bits per heavy atom. The van der Waals surface area contributed by atoms with Gasteiger partial charge < -0.3 is 10.1 Å². The van der Waals surface area contributed by atoms with Crippen LogP contribution >= 0.6 is 0 Å². The van der Waals surface area contributed by atoms with Crippen LogP contribution in [-0.2, 0) is 4.74 Å². The number of hydrogen-bond donors (Lipinski definition) is 1. The summed E-state index contributed by atoms with van der Waals surface area (Å²) in [4.78, 5) is 0. The molecule has 3 unspecified atom stereocenters. The van der Waals surface area contributed by atoms with Crippen LogP contribution in [0, 0.1) is 23.2 Å². The molecule has 3 atom stereocenters. The fourth-order valence-electron chi connectivity index (χ4n) is 3.46. The van der Waals surface area contributed by atoms with Gasteiger partial charge in [0.1, 0.15) is 0 Å². The summed E-state index contributed by atoms with van der Waals surface area (Å²) in [6, 6.07) is 0.841. The van der Waals surface area contributed by atoms with Crippen LogP contribution in [0.5, 0.6) is 0 Å². The van der Waals surface area contributed by atoms with Gasteiger partial charge in [0.2, 0.25) is 0 Å². The lowest BCUT2D eigenvalue weighted by molar-refractivity contribution is 0.0268. The second-order valence-electron chi connectivity index (χ2n) is 7.74. The van der Waals surface area contributed by atoms with Crippen molar-refractivity contribution in [3.63, 3.8) is 0 Å². The van der Waals surface area contributed by atoms with E-state index in [1.165, 1.54) is 38.6 Å². The van der Waals surface area contributed by atoms with Crippen molar-refractivity contribution in [1.82, 2.24) is 5.32 Å². The molecule has 2 fully saturated rings. The molecule has 1 N–H and O–H groups in total. The van der Waals surface area contributed by atoms with Crippen molar-refractivity contribution in [1.29, 1.82) is 0 Å². The predicted molar refractivity (Wildman–Crippen MR) is 81.3 cm³/mol. The van der Waals surface area contributed by atoms with E-state index in [9.17, 15) is 0 Å². The average molecular weight is 267 g/mol. The Bertz CT molecular complexity index is 267. The maximum Gasteiger partial charge on any atom is 0.0497 e. The molecule has 2 aliphatic carbocycles. The molecule has 0 saturated heterocycles. The standard InChI is InChI=1S/C17H33NO/c1-5-19-12-14-10-15(17(2,3)4)7-6-13(14)11-18-16-8-9-16/h13-16,18H,5-12H2,1-4H3. The van der Waals surface area contributed by atoms with E-state index in [1.54, 1.807) is 0 Å². The zero-order valence-electron chi connectivity index (χ0n) is 13.4. The molecule has 0 bridgehead atoms. The van der Waals surface area contributed by atoms with Crippen molar-refractivity contribution >= 4 is 0 Å². The van der Waals surface area contributed by atoms with E-state index in [0.29, 0.717) is 5.41 Å². The lowest BCUT2D eigenvalue weighted by Crippen LogP contribution is -2.39. The van der Waals surface area contributed by atoms with E-state index in [-0.39, 0.29) is 0 Å². The largest absolute Gasteiger partial charge is 0.381 e. The summed E-state index contributed by atoms with van der Waals surface area (Å²) >= 11 is 0. The van der Waals surface area contributed by atoms with Gasteiger partial charge in [-0.25, -0.2) is 0 Å². The van der Waals surface area contributed by atoms with Crippen molar-refractivity contribution < 1.29 is 4.74 Å². The van der Waals surface area contributed by atoms with E-state index in [0.717, 1.165) is 37.0 Å². The van der Waals surface area contributed by atoms with Crippen LogP contribution in [0.15, 0.2) is 0 Å². The molecule has 112 valence electrons. The first-order valence-corrected chi connectivity index (χ1v) is 8.31. The van der Waals surface area contributed by atoms with Crippen LogP contribution in [-0.4, -0.2) is 25.8 Å². The molecule has 2 rings (SSSR count). The van der Waals surface area contributed by atoms with Gasteiger partial charge >= 0.3 is 0 Å². The molecule has 0 aromatic heterocycles. The summed E-state index contributed by atoms with van der Waals surface area (Å²) in [6.07, 6.45) is 6.95. The SMILES string of the molecule is CCOCC1CC(C(C)(C)C)CCC1CNC1CC1. The summed E-state index contributed by atoms with van der Waals surface area (Å²) in [5, 5.41) is 3.73. The first-order valence-electron chi connectivity index (χ1n) is 8.31. The maximum absolute atomic E-state index is 5.76. The third-order valence-corrected chi connectivity index (χ3v) is 5.15. The number of nitrogens with one attached hydrogen (secondary N) is 1. The molecule has 0 aromatic rings. The highest BCUT2D eigenvalue weighted by atomic mass is 16.5. The smallest absolute Gasteiger partial charge is 0.0497 e. The molecular formula is C17H33NO. The quantitative estimate of drug-likeness (QED) is 0.789. The third-order valence-electron chi connectivity index (χ3n) is 5.15. The summed E-state index contributed by atoms with van der Waals surface area (Å²) in [6.45, 7) is 12.4. The van der Waals surface area contributed by atoms with Crippen molar-refractivity contribution in [2.24, 2.45) is 23.2 Å². The highest BCUT2D eigenvalue weighted by molar-refractivity contribution is 4.88. The summed E-state index contributed by atoms with van der Waals surface area (Å²) in [5.41, 5.74) is 0.458. The summed E-state index contributed by atoms with van der Waals surface area (Å²) < 4.78 is 5.76. The third kappa shape index (κ3) is 4.75. The molecule has 0 heterocycles. The second kappa shape index (κ2) is 6.58. The zero-order chi connectivity index (χ0) is 13.9. The van der Waals surface area contributed by atoms with Gasteiger partial charge in [-0.15, -0.1) is 0 Å². The molecule has 0 radical (unpaired) electrons. The van der Waals surface area contributed by atoms with Gasteiger partial charge in [0.15, 0.2) is 0 Å². The minimum atomic E-state index is 0.458. The van der Waals surface area contributed by atoms with Gasteiger partial charge in [0.05, 0.1) is 0 Å². The van der Waals surface area contributed by atoms with Gasteiger partial charge in [0.25, 0.3) is 0 Å². The van der Waals surface area contributed by atoms with Crippen molar-refractivity contribution in [3.8, 4) is 0 Å². The molecular weight excluding hydrogens is 234 g/mol. The molecule has 2 aliphatic rings. The number of rotatable bonds is 6.